The number of nitrogens with one attached hydrogen (secondary N) is 1. The zero-order chi connectivity index (χ0) is 13.8. The largest absolute Gasteiger partial charge is 0.496 e. The molecule has 5 nitrogen and oxygen atoms in total. The summed E-state index contributed by atoms with van der Waals surface area (Å²) in [6, 6.07) is 3.75. The minimum absolute atomic E-state index is 0.0394. The van der Waals surface area contributed by atoms with Crippen LogP contribution >= 0.6 is 0 Å². The van der Waals surface area contributed by atoms with E-state index in [9.17, 15) is 9.18 Å². The summed E-state index contributed by atoms with van der Waals surface area (Å²) < 4.78 is 18.5. The molecule has 0 saturated carbocycles. The van der Waals surface area contributed by atoms with Crippen molar-refractivity contribution in [1.29, 1.82) is 0 Å². The number of aliphatic hydroxyl groups is 1. The standard InChI is InChI=1S/C13H17FN2O3/c1-19-12-4-3-9(14)7-10(12)11-8-16(5-2-6-17)13(18)15-11/h3-4,7,11,17H,2,5-6,8H2,1H3,(H,15,18). The molecular weight excluding hydrogens is 251 g/mol. The van der Waals surface area contributed by atoms with Gasteiger partial charge in [-0.3, -0.25) is 0 Å². The van der Waals surface area contributed by atoms with E-state index in [0.717, 1.165) is 0 Å². The summed E-state index contributed by atoms with van der Waals surface area (Å²) in [5.74, 6) is 0.189. The zero-order valence-corrected chi connectivity index (χ0v) is 10.7. The second-order valence-electron chi connectivity index (χ2n) is 4.41. The maximum Gasteiger partial charge on any atom is 0.318 e. The lowest BCUT2D eigenvalue weighted by Crippen LogP contribution is -2.29. The van der Waals surface area contributed by atoms with Gasteiger partial charge in [0.1, 0.15) is 11.6 Å². The molecule has 1 unspecified atom stereocenters. The van der Waals surface area contributed by atoms with Crippen molar-refractivity contribution in [3.8, 4) is 5.75 Å². The van der Waals surface area contributed by atoms with Crippen LogP contribution in [-0.2, 0) is 0 Å². The predicted molar refractivity (Wildman–Crippen MR) is 67.5 cm³/mol. The van der Waals surface area contributed by atoms with Gasteiger partial charge in [0.25, 0.3) is 0 Å². The molecule has 1 heterocycles. The highest BCUT2D eigenvalue weighted by Crippen LogP contribution is 2.29. The Balaban J connectivity index is 2.15. The Morgan fingerprint density at radius 1 is 1.58 bits per heavy atom. The first-order valence-electron chi connectivity index (χ1n) is 6.15. The first-order chi connectivity index (χ1) is 9.15. The van der Waals surface area contributed by atoms with Crippen molar-refractivity contribution in [2.75, 3.05) is 26.8 Å². The maximum atomic E-state index is 13.3. The number of ether oxygens (including phenoxy) is 1. The Labute approximate surface area is 111 Å². The fourth-order valence-corrected chi connectivity index (χ4v) is 2.20. The molecule has 1 aromatic rings. The number of carbonyl (C=O) groups excluding carboxylic acids is 1. The molecule has 2 N–H and O–H groups in total. The van der Waals surface area contributed by atoms with Gasteiger partial charge < -0.3 is 20.1 Å². The average molecular weight is 268 g/mol. The summed E-state index contributed by atoms with van der Waals surface area (Å²) in [7, 11) is 1.51. The number of nitrogens with zero attached hydrogens (tertiary/aromatic N) is 1. The van der Waals surface area contributed by atoms with Crippen molar-refractivity contribution in [2.45, 2.75) is 12.5 Å². The minimum atomic E-state index is -0.362. The molecule has 0 radical (unpaired) electrons. The number of carbonyl (C=O) groups is 1. The lowest BCUT2D eigenvalue weighted by atomic mass is 10.1. The molecule has 19 heavy (non-hydrogen) atoms. The lowest BCUT2D eigenvalue weighted by Gasteiger charge is -2.15. The Hall–Kier alpha value is -1.82. The van der Waals surface area contributed by atoms with Crippen LogP contribution in [0.25, 0.3) is 0 Å². The van der Waals surface area contributed by atoms with Crippen LogP contribution in [-0.4, -0.2) is 42.8 Å². The number of hydrogen-bond donors (Lipinski definition) is 2. The molecule has 1 atom stereocenters. The highest BCUT2D eigenvalue weighted by atomic mass is 19.1. The number of amides is 2. The van der Waals surface area contributed by atoms with Crippen molar-refractivity contribution in [3.05, 3.63) is 29.6 Å². The van der Waals surface area contributed by atoms with E-state index in [2.05, 4.69) is 5.32 Å². The Kier molecular flexibility index (Phi) is 4.21. The van der Waals surface area contributed by atoms with Crippen LogP contribution in [0.2, 0.25) is 0 Å². The number of aliphatic hydroxyl groups excluding tert-OH is 1. The lowest BCUT2D eigenvalue weighted by molar-refractivity contribution is 0.209. The van der Waals surface area contributed by atoms with E-state index in [0.29, 0.717) is 30.8 Å². The first kappa shape index (κ1) is 13.6. The molecular formula is C13H17FN2O3. The summed E-state index contributed by atoms with van der Waals surface area (Å²) in [5.41, 5.74) is 0.627. The van der Waals surface area contributed by atoms with Gasteiger partial charge in [0.05, 0.1) is 13.2 Å². The number of methoxy groups -OCH3 is 1. The third kappa shape index (κ3) is 2.96. The summed E-state index contributed by atoms with van der Waals surface area (Å²) in [6.45, 7) is 0.965. The minimum Gasteiger partial charge on any atom is -0.496 e. The van der Waals surface area contributed by atoms with Crippen LogP contribution in [0.4, 0.5) is 9.18 Å². The van der Waals surface area contributed by atoms with Crippen LogP contribution < -0.4 is 10.1 Å². The second-order valence-corrected chi connectivity index (χ2v) is 4.41. The van der Waals surface area contributed by atoms with Crippen LogP contribution in [0.5, 0.6) is 5.75 Å². The number of halogens is 1. The zero-order valence-electron chi connectivity index (χ0n) is 10.7. The van der Waals surface area contributed by atoms with Crippen LogP contribution in [0.3, 0.4) is 0 Å². The van der Waals surface area contributed by atoms with E-state index in [4.69, 9.17) is 9.84 Å². The second kappa shape index (κ2) is 5.88. The van der Waals surface area contributed by atoms with Gasteiger partial charge in [-0.25, -0.2) is 9.18 Å². The molecule has 6 heteroatoms. The van der Waals surface area contributed by atoms with Crippen LogP contribution in [0.1, 0.15) is 18.0 Å². The van der Waals surface area contributed by atoms with E-state index < -0.39 is 0 Å². The van der Waals surface area contributed by atoms with E-state index in [1.54, 1.807) is 11.0 Å². The molecule has 2 amide bonds. The summed E-state index contributed by atoms with van der Waals surface area (Å²) in [5, 5.41) is 11.6. The molecule has 0 spiro atoms. The number of benzene rings is 1. The maximum absolute atomic E-state index is 13.3. The van der Waals surface area contributed by atoms with Gasteiger partial charge >= 0.3 is 6.03 Å². The van der Waals surface area contributed by atoms with Crippen LogP contribution in [0.15, 0.2) is 18.2 Å². The summed E-state index contributed by atoms with van der Waals surface area (Å²) in [4.78, 5) is 13.3. The van der Waals surface area contributed by atoms with Crippen molar-refractivity contribution in [2.24, 2.45) is 0 Å². The summed E-state index contributed by atoms with van der Waals surface area (Å²) in [6.07, 6.45) is 0.528. The molecule has 1 aliphatic heterocycles. The molecule has 1 aliphatic rings. The third-order valence-corrected chi connectivity index (χ3v) is 3.14. The molecule has 1 fully saturated rings. The van der Waals surface area contributed by atoms with Gasteiger partial charge in [0.15, 0.2) is 0 Å². The third-order valence-electron chi connectivity index (χ3n) is 3.14. The van der Waals surface area contributed by atoms with Crippen molar-refractivity contribution in [1.82, 2.24) is 10.2 Å². The quantitative estimate of drug-likeness (QED) is 0.845. The fourth-order valence-electron chi connectivity index (χ4n) is 2.20. The first-order valence-corrected chi connectivity index (χ1v) is 6.15. The van der Waals surface area contributed by atoms with E-state index in [1.807, 2.05) is 0 Å². The van der Waals surface area contributed by atoms with Gasteiger partial charge in [0, 0.05) is 25.3 Å². The van der Waals surface area contributed by atoms with Crippen LogP contribution in [0, 0.1) is 5.82 Å². The van der Waals surface area contributed by atoms with Gasteiger partial charge in [-0.05, 0) is 24.6 Å². The molecule has 0 aliphatic carbocycles. The number of urea groups is 1. The molecule has 0 aromatic heterocycles. The highest BCUT2D eigenvalue weighted by molar-refractivity contribution is 5.77. The Morgan fingerprint density at radius 3 is 3.05 bits per heavy atom. The Morgan fingerprint density at radius 2 is 2.37 bits per heavy atom. The average Bonchev–Trinajstić information content (AvgIpc) is 2.77. The number of hydrogen-bond acceptors (Lipinski definition) is 3. The normalized spacial score (nSPS) is 18.6. The molecule has 1 saturated heterocycles. The van der Waals surface area contributed by atoms with Crippen molar-refractivity contribution < 1.29 is 19.0 Å². The van der Waals surface area contributed by atoms with Crippen molar-refractivity contribution in [3.63, 3.8) is 0 Å². The van der Waals surface area contributed by atoms with Gasteiger partial charge in [0.2, 0.25) is 0 Å². The SMILES string of the molecule is COc1ccc(F)cc1C1CN(CCCO)C(=O)N1. The number of rotatable bonds is 5. The topological polar surface area (TPSA) is 61.8 Å². The molecule has 104 valence electrons. The molecule has 0 bridgehead atoms. The van der Waals surface area contributed by atoms with Gasteiger partial charge in [-0.1, -0.05) is 0 Å². The highest BCUT2D eigenvalue weighted by Gasteiger charge is 2.31. The fraction of sp³-hybridized carbons (Fsp3) is 0.462. The van der Waals surface area contributed by atoms with Gasteiger partial charge in [-0.15, -0.1) is 0 Å². The molecule has 2 rings (SSSR count). The van der Waals surface area contributed by atoms with Crippen molar-refractivity contribution >= 4 is 6.03 Å². The van der Waals surface area contributed by atoms with E-state index >= 15 is 0 Å². The summed E-state index contributed by atoms with van der Waals surface area (Å²) >= 11 is 0. The van der Waals surface area contributed by atoms with E-state index in [-0.39, 0.29) is 24.5 Å². The van der Waals surface area contributed by atoms with Gasteiger partial charge in [-0.2, -0.15) is 0 Å². The smallest absolute Gasteiger partial charge is 0.318 e. The monoisotopic (exact) mass is 268 g/mol. The van der Waals surface area contributed by atoms with E-state index in [1.165, 1.54) is 19.2 Å². The molecule has 1 aromatic carbocycles. The predicted octanol–water partition coefficient (Wildman–Crippen LogP) is 1.28. The Bertz CT molecular complexity index is 467.